The Bertz CT molecular complexity index is 1440. The lowest BCUT2D eigenvalue weighted by atomic mass is 9.79. The number of nitriles is 1. The van der Waals surface area contributed by atoms with Crippen LogP contribution in [0.1, 0.15) is 51.7 Å². The van der Waals surface area contributed by atoms with Gasteiger partial charge < -0.3 is 9.80 Å². The van der Waals surface area contributed by atoms with Gasteiger partial charge in [0, 0.05) is 53.6 Å². The molecule has 0 unspecified atom stereocenters. The number of amides is 1. The summed E-state index contributed by atoms with van der Waals surface area (Å²) in [5.41, 5.74) is 9.56. The van der Waals surface area contributed by atoms with Crippen LogP contribution in [0.25, 0.3) is 11.1 Å². The third-order valence-electron chi connectivity index (χ3n) is 8.50. The summed E-state index contributed by atoms with van der Waals surface area (Å²) in [5, 5.41) is 10.5. The third-order valence-corrected chi connectivity index (χ3v) is 9.60. The van der Waals surface area contributed by atoms with Crippen molar-refractivity contribution < 1.29 is 4.79 Å². The van der Waals surface area contributed by atoms with Crippen LogP contribution in [0.2, 0.25) is 0 Å². The summed E-state index contributed by atoms with van der Waals surface area (Å²) in [5.74, 6) is 1.22. The molecule has 1 aliphatic carbocycles. The largest absolute Gasteiger partial charge is 0.355 e. The van der Waals surface area contributed by atoms with E-state index in [0.717, 1.165) is 80.2 Å². The number of aromatic nitrogens is 2. The second-order valence-corrected chi connectivity index (χ2v) is 11.7. The molecule has 0 saturated carbocycles. The molecule has 37 heavy (non-hydrogen) atoms. The van der Waals surface area contributed by atoms with Gasteiger partial charge in [0.15, 0.2) is 0 Å². The molecule has 0 radical (unpaired) electrons. The highest BCUT2D eigenvalue weighted by molar-refractivity contribution is 7.09. The van der Waals surface area contributed by atoms with Crippen molar-refractivity contribution in [2.24, 2.45) is 5.41 Å². The summed E-state index contributed by atoms with van der Waals surface area (Å²) >= 11 is 1.74. The summed E-state index contributed by atoms with van der Waals surface area (Å²) < 4.78 is 0. The van der Waals surface area contributed by atoms with Crippen LogP contribution in [0.5, 0.6) is 0 Å². The van der Waals surface area contributed by atoms with Gasteiger partial charge in [0.1, 0.15) is 17.5 Å². The number of nitrogens with zero attached hydrogens (tertiary/aromatic N) is 5. The maximum absolute atomic E-state index is 12.1. The second-order valence-electron chi connectivity index (χ2n) is 10.8. The number of rotatable bonds is 4. The van der Waals surface area contributed by atoms with Crippen molar-refractivity contribution in [1.82, 2.24) is 14.9 Å². The Hall–Kier alpha value is -3.50. The minimum absolute atomic E-state index is 0.0000594. The molecule has 0 N–H and O–H groups in total. The molecule has 7 heteroatoms. The Balaban J connectivity index is 1.42. The van der Waals surface area contributed by atoms with Crippen LogP contribution in [0.4, 0.5) is 5.82 Å². The summed E-state index contributed by atoms with van der Waals surface area (Å²) in [4.78, 5) is 27.4. The quantitative estimate of drug-likeness (QED) is 0.453. The number of pyridine rings is 1. The van der Waals surface area contributed by atoms with E-state index in [1.54, 1.807) is 11.3 Å². The molecule has 2 aliphatic heterocycles. The van der Waals surface area contributed by atoms with Crippen LogP contribution < -0.4 is 4.90 Å². The number of carbonyl (C=O) groups excluding carboxylic acids is 1. The van der Waals surface area contributed by atoms with Crippen molar-refractivity contribution in [2.45, 2.75) is 45.4 Å². The fourth-order valence-corrected chi connectivity index (χ4v) is 7.53. The summed E-state index contributed by atoms with van der Waals surface area (Å²) in [6.45, 7) is 11.0. The summed E-state index contributed by atoms with van der Waals surface area (Å²) in [6.07, 6.45) is 5.22. The first-order chi connectivity index (χ1) is 17.9. The van der Waals surface area contributed by atoms with E-state index in [-0.39, 0.29) is 11.3 Å². The van der Waals surface area contributed by atoms with Gasteiger partial charge >= 0.3 is 0 Å². The summed E-state index contributed by atoms with van der Waals surface area (Å²) in [7, 11) is 0. The zero-order valence-corrected chi connectivity index (χ0v) is 22.3. The Morgan fingerprint density at radius 3 is 2.78 bits per heavy atom. The number of thiazole rings is 1. The van der Waals surface area contributed by atoms with Gasteiger partial charge in [-0.15, -0.1) is 11.3 Å². The molecule has 3 aliphatic rings. The van der Waals surface area contributed by atoms with E-state index in [0.29, 0.717) is 11.5 Å². The number of benzene rings is 1. The molecule has 6 nitrogen and oxygen atoms in total. The SMILES string of the molecule is C=CC(=O)N1CC2(CCN(c3nc4c(c(-c5ccccc5C)c3C#N)CC[C@@H](c3scnc3C)C4)C2)C1. The van der Waals surface area contributed by atoms with Gasteiger partial charge in [-0.3, -0.25) is 4.79 Å². The van der Waals surface area contributed by atoms with Crippen LogP contribution in [0.15, 0.2) is 42.4 Å². The standard InChI is InChI=1S/C30H31N5OS/c1-4-26(36)35-16-30(17-35)11-12-34(15-30)29-24(14-31)27(22-8-6-5-7-19(22)2)23-10-9-21(13-25(23)33-29)28-20(3)32-18-37-28/h4-8,18,21H,1,9-13,15-17H2,2-3H3/t21-/m1/s1. The zero-order valence-electron chi connectivity index (χ0n) is 21.5. The molecule has 2 saturated heterocycles. The Kier molecular flexibility index (Phi) is 5.88. The van der Waals surface area contributed by atoms with E-state index in [2.05, 4.69) is 60.6 Å². The van der Waals surface area contributed by atoms with Crippen molar-refractivity contribution in [3.8, 4) is 17.2 Å². The lowest BCUT2D eigenvalue weighted by molar-refractivity contribution is -0.136. The van der Waals surface area contributed by atoms with Gasteiger partial charge in [0.25, 0.3) is 0 Å². The Morgan fingerprint density at radius 1 is 1.27 bits per heavy atom. The molecular formula is C30H31N5OS. The molecule has 6 rings (SSSR count). The third kappa shape index (κ3) is 3.95. The molecule has 4 heterocycles. The van der Waals surface area contributed by atoms with Crippen LogP contribution in [-0.2, 0) is 17.6 Å². The molecule has 1 atom stereocenters. The maximum atomic E-state index is 12.1. The predicted octanol–water partition coefficient (Wildman–Crippen LogP) is 5.19. The van der Waals surface area contributed by atoms with Gasteiger partial charge in [-0.25, -0.2) is 9.97 Å². The second kappa shape index (κ2) is 9.11. The van der Waals surface area contributed by atoms with E-state index in [4.69, 9.17) is 4.98 Å². The highest BCUT2D eigenvalue weighted by atomic mass is 32.1. The van der Waals surface area contributed by atoms with Crippen molar-refractivity contribution in [3.63, 3.8) is 0 Å². The molecular weight excluding hydrogens is 478 g/mol. The first-order valence-corrected chi connectivity index (χ1v) is 13.9. The molecule has 1 aromatic carbocycles. The van der Waals surface area contributed by atoms with E-state index < -0.39 is 0 Å². The Labute approximate surface area is 222 Å². The van der Waals surface area contributed by atoms with Crippen LogP contribution in [0, 0.1) is 30.6 Å². The van der Waals surface area contributed by atoms with Crippen molar-refractivity contribution in [2.75, 3.05) is 31.1 Å². The minimum Gasteiger partial charge on any atom is -0.355 e. The van der Waals surface area contributed by atoms with Crippen LogP contribution >= 0.6 is 11.3 Å². The van der Waals surface area contributed by atoms with E-state index in [1.807, 2.05) is 10.4 Å². The highest BCUT2D eigenvalue weighted by Crippen LogP contribution is 2.46. The lowest BCUT2D eigenvalue weighted by Gasteiger charge is -2.47. The van der Waals surface area contributed by atoms with Gasteiger partial charge in [0.05, 0.1) is 11.2 Å². The van der Waals surface area contributed by atoms with Gasteiger partial charge in [0.2, 0.25) is 5.91 Å². The average Bonchev–Trinajstić information content (AvgIpc) is 3.53. The fraction of sp³-hybridized carbons (Fsp3) is 0.400. The van der Waals surface area contributed by atoms with Gasteiger partial charge in [-0.05, 0) is 62.3 Å². The fourth-order valence-electron chi connectivity index (χ4n) is 6.58. The molecule has 1 spiro atoms. The van der Waals surface area contributed by atoms with Crippen molar-refractivity contribution in [3.05, 3.63) is 75.4 Å². The van der Waals surface area contributed by atoms with E-state index in [9.17, 15) is 10.1 Å². The Morgan fingerprint density at radius 2 is 2.08 bits per heavy atom. The van der Waals surface area contributed by atoms with Gasteiger partial charge in [-0.2, -0.15) is 5.26 Å². The summed E-state index contributed by atoms with van der Waals surface area (Å²) in [6, 6.07) is 11.0. The number of hydrogen-bond acceptors (Lipinski definition) is 6. The monoisotopic (exact) mass is 509 g/mol. The van der Waals surface area contributed by atoms with Crippen molar-refractivity contribution in [1.29, 1.82) is 5.26 Å². The molecule has 188 valence electrons. The molecule has 1 amide bonds. The number of carbonyl (C=O) groups is 1. The average molecular weight is 510 g/mol. The van der Waals surface area contributed by atoms with Crippen LogP contribution in [0.3, 0.4) is 0 Å². The maximum Gasteiger partial charge on any atom is 0.245 e. The van der Waals surface area contributed by atoms with E-state index >= 15 is 0 Å². The number of aryl methyl sites for hydroxylation is 2. The minimum atomic E-state index is -0.0000594. The first kappa shape index (κ1) is 23.9. The van der Waals surface area contributed by atoms with Crippen molar-refractivity contribution >= 4 is 23.1 Å². The van der Waals surface area contributed by atoms with Gasteiger partial charge in [-0.1, -0.05) is 30.8 Å². The lowest BCUT2D eigenvalue weighted by Crippen LogP contribution is -2.59. The number of hydrogen-bond donors (Lipinski definition) is 0. The number of likely N-dealkylation sites (tertiary alicyclic amines) is 1. The zero-order chi connectivity index (χ0) is 25.7. The normalized spacial score (nSPS) is 19.9. The number of anilines is 1. The van der Waals surface area contributed by atoms with Crippen LogP contribution in [-0.4, -0.2) is 47.0 Å². The number of fused-ring (bicyclic) bond motifs is 1. The molecule has 0 bridgehead atoms. The first-order valence-electron chi connectivity index (χ1n) is 13.0. The molecule has 2 fully saturated rings. The molecule has 3 aromatic rings. The molecule has 2 aromatic heterocycles. The highest BCUT2D eigenvalue weighted by Gasteiger charge is 2.49. The van der Waals surface area contributed by atoms with E-state index in [1.165, 1.54) is 22.1 Å². The predicted molar refractivity (Wildman–Crippen MR) is 147 cm³/mol. The smallest absolute Gasteiger partial charge is 0.245 e. The topological polar surface area (TPSA) is 73.1 Å².